The number of nitrogens with zero attached hydrogens (tertiary/aromatic N) is 6. The Morgan fingerprint density at radius 2 is 2.33 bits per heavy atom. The molecule has 0 unspecified atom stereocenters. The van der Waals surface area contributed by atoms with E-state index in [4.69, 9.17) is 21.3 Å². The van der Waals surface area contributed by atoms with Crippen LogP contribution in [0.1, 0.15) is 13.8 Å². The molecule has 7 nitrogen and oxygen atoms in total. The average molecular weight is 365 g/mol. The molecule has 0 saturated carbocycles. The van der Waals surface area contributed by atoms with Crippen molar-refractivity contribution in [2.45, 2.75) is 26.4 Å². The van der Waals surface area contributed by atoms with Crippen molar-refractivity contribution in [1.29, 1.82) is 0 Å². The number of halogens is 1. The van der Waals surface area contributed by atoms with E-state index in [2.05, 4.69) is 32.6 Å². The van der Waals surface area contributed by atoms with Crippen molar-refractivity contribution in [2.24, 2.45) is 0 Å². The molecule has 0 bridgehead atoms. The minimum absolute atomic E-state index is 0.260. The number of fused-ring (bicyclic) bond motifs is 1. The number of ether oxygens (including phenoxy) is 1. The summed E-state index contributed by atoms with van der Waals surface area (Å²) in [5.41, 5.74) is 2.70. The summed E-state index contributed by atoms with van der Waals surface area (Å²) >= 11 is 7.64. The van der Waals surface area contributed by atoms with Crippen molar-refractivity contribution in [3.05, 3.63) is 17.4 Å². The number of pyridine rings is 1. The molecule has 0 aliphatic carbocycles. The van der Waals surface area contributed by atoms with Gasteiger partial charge in [0.2, 0.25) is 0 Å². The van der Waals surface area contributed by atoms with Crippen LogP contribution < -0.4 is 4.90 Å². The van der Waals surface area contributed by atoms with E-state index in [9.17, 15) is 0 Å². The normalized spacial score (nSPS) is 18.5. The molecule has 1 fully saturated rings. The highest BCUT2D eigenvalue weighted by molar-refractivity contribution is 7.14. The molecule has 0 spiro atoms. The molecule has 0 aromatic carbocycles. The van der Waals surface area contributed by atoms with Gasteiger partial charge in [0.15, 0.2) is 5.15 Å². The lowest BCUT2D eigenvalue weighted by Gasteiger charge is -2.34. The second-order valence-electron chi connectivity index (χ2n) is 5.73. The van der Waals surface area contributed by atoms with E-state index < -0.39 is 0 Å². The maximum absolute atomic E-state index is 6.28. The van der Waals surface area contributed by atoms with Crippen LogP contribution in [0.4, 0.5) is 5.82 Å². The van der Waals surface area contributed by atoms with Crippen LogP contribution in [0.5, 0.6) is 0 Å². The van der Waals surface area contributed by atoms with Crippen molar-refractivity contribution in [3.8, 4) is 11.3 Å². The van der Waals surface area contributed by atoms with Crippen LogP contribution in [-0.2, 0) is 11.3 Å². The third-order valence-corrected chi connectivity index (χ3v) is 5.46. The van der Waals surface area contributed by atoms with Gasteiger partial charge in [0, 0.05) is 18.7 Å². The van der Waals surface area contributed by atoms with E-state index in [-0.39, 0.29) is 6.04 Å². The molecule has 0 radical (unpaired) electrons. The molecule has 0 amide bonds. The lowest BCUT2D eigenvalue weighted by Crippen LogP contribution is -2.44. The third kappa shape index (κ3) is 2.54. The topological polar surface area (TPSA) is 69.0 Å². The molecule has 4 rings (SSSR count). The van der Waals surface area contributed by atoms with Crippen molar-refractivity contribution >= 4 is 39.2 Å². The molecule has 126 valence electrons. The molecule has 3 aromatic rings. The summed E-state index contributed by atoms with van der Waals surface area (Å²) in [6, 6.07) is 2.35. The number of hydrogen-bond donors (Lipinski definition) is 0. The Morgan fingerprint density at radius 3 is 3.12 bits per heavy atom. The predicted molar refractivity (Wildman–Crippen MR) is 94.7 cm³/mol. The molecule has 4 heterocycles. The number of morpholine rings is 1. The maximum atomic E-state index is 6.28. The predicted octanol–water partition coefficient (Wildman–Crippen LogP) is 2.85. The summed E-state index contributed by atoms with van der Waals surface area (Å²) in [5, 5.41) is 8.64. The number of hydrogen-bond acceptors (Lipinski definition) is 7. The molecular formula is C15H17ClN6OS. The zero-order chi connectivity index (χ0) is 16.7. The summed E-state index contributed by atoms with van der Waals surface area (Å²) in [5.74, 6) is 0.888. The summed E-state index contributed by atoms with van der Waals surface area (Å²) in [6.07, 6.45) is 1.78. The second-order valence-corrected chi connectivity index (χ2v) is 6.86. The molecule has 1 atom stereocenters. The van der Waals surface area contributed by atoms with Crippen molar-refractivity contribution in [1.82, 2.24) is 24.4 Å². The molecule has 1 aliphatic rings. The van der Waals surface area contributed by atoms with E-state index in [0.29, 0.717) is 18.4 Å². The second kappa shape index (κ2) is 6.27. The van der Waals surface area contributed by atoms with Crippen LogP contribution in [-0.4, -0.2) is 50.2 Å². The minimum Gasteiger partial charge on any atom is -0.377 e. The Bertz CT molecular complexity index is 878. The fourth-order valence-electron chi connectivity index (χ4n) is 2.99. The lowest BCUT2D eigenvalue weighted by atomic mass is 10.1. The highest BCUT2D eigenvalue weighted by Crippen LogP contribution is 2.37. The minimum atomic E-state index is 0.260. The average Bonchev–Trinajstić information content (AvgIpc) is 3.21. The molecule has 3 aromatic heterocycles. The van der Waals surface area contributed by atoms with Gasteiger partial charge in [0.1, 0.15) is 11.3 Å². The van der Waals surface area contributed by atoms with Crippen molar-refractivity contribution in [3.63, 3.8) is 0 Å². The summed E-state index contributed by atoms with van der Waals surface area (Å²) < 4.78 is 12.6. The highest BCUT2D eigenvalue weighted by atomic mass is 35.5. The molecule has 0 N–H and O–H groups in total. The zero-order valence-electron chi connectivity index (χ0n) is 13.4. The van der Waals surface area contributed by atoms with Crippen LogP contribution in [0.2, 0.25) is 5.15 Å². The largest absolute Gasteiger partial charge is 0.377 e. The summed E-state index contributed by atoms with van der Waals surface area (Å²) in [4.78, 5) is 7.02. The molecular weight excluding hydrogens is 348 g/mol. The number of rotatable bonds is 3. The van der Waals surface area contributed by atoms with Gasteiger partial charge in [0.05, 0.1) is 35.8 Å². The highest BCUT2D eigenvalue weighted by Gasteiger charge is 2.24. The number of aromatic nitrogens is 5. The van der Waals surface area contributed by atoms with E-state index >= 15 is 0 Å². The van der Waals surface area contributed by atoms with Gasteiger partial charge in [-0.05, 0) is 31.4 Å². The molecule has 24 heavy (non-hydrogen) atoms. The monoisotopic (exact) mass is 364 g/mol. The Morgan fingerprint density at radius 1 is 1.46 bits per heavy atom. The fraction of sp³-hybridized carbons (Fsp3) is 0.467. The van der Waals surface area contributed by atoms with Crippen LogP contribution >= 0.6 is 23.1 Å². The van der Waals surface area contributed by atoms with Crippen LogP contribution in [0.25, 0.3) is 21.5 Å². The van der Waals surface area contributed by atoms with E-state index in [0.717, 1.165) is 40.4 Å². The molecule has 9 heteroatoms. The Hall–Kier alpha value is -1.77. The SMILES string of the molecule is CCn1nncc1-c1cc(N2CCOC[C@H]2C)nc2c(Cl)nsc12. The third-order valence-electron chi connectivity index (χ3n) is 4.23. The maximum Gasteiger partial charge on any atom is 0.169 e. The number of anilines is 1. The van der Waals surface area contributed by atoms with Gasteiger partial charge >= 0.3 is 0 Å². The summed E-state index contributed by atoms with van der Waals surface area (Å²) in [7, 11) is 0. The fourth-order valence-corrected chi connectivity index (χ4v) is 4.03. The first kappa shape index (κ1) is 15.7. The Kier molecular flexibility index (Phi) is 4.11. The first-order valence-corrected chi connectivity index (χ1v) is 9.03. The van der Waals surface area contributed by atoms with Crippen molar-refractivity contribution in [2.75, 3.05) is 24.7 Å². The standard InChI is InChI=1S/C15H17ClN6OS/c1-3-22-11(7-17-20-22)10-6-12(21-4-5-23-8-9(21)2)18-13-14(10)24-19-15(13)16/h6-7,9H,3-5,8H2,1-2H3/t9-/m1/s1. The summed E-state index contributed by atoms with van der Waals surface area (Å²) in [6.45, 7) is 7.12. The first-order chi connectivity index (χ1) is 11.7. The van der Waals surface area contributed by atoms with Gasteiger partial charge in [0.25, 0.3) is 0 Å². The zero-order valence-corrected chi connectivity index (χ0v) is 15.0. The Balaban J connectivity index is 1.92. The van der Waals surface area contributed by atoms with E-state index in [1.807, 2.05) is 11.6 Å². The molecule has 1 saturated heterocycles. The molecule has 1 aliphatic heterocycles. The Labute approximate surface area is 148 Å². The van der Waals surface area contributed by atoms with E-state index in [1.54, 1.807) is 6.20 Å². The van der Waals surface area contributed by atoms with Crippen LogP contribution in [0.3, 0.4) is 0 Å². The van der Waals surface area contributed by atoms with Crippen molar-refractivity contribution < 1.29 is 4.74 Å². The van der Waals surface area contributed by atoms with Gasteiger partial charge in [-0.1, -0.05) is 16.8 Å². The van der Waals surface area contributed by atoms with Gasteiger partial charge in [-0.2, -0.15) is 4.37 Å². The first-order valence-electron chi connectivity index (χ1n) is 7.88. The van der Waals surface area contributed by atoms with Gasteiger partial charge in [-0.25, -0.2) is 9.67 Å². The van der Waals surface area contributed by atoms with Crippen LogP contribution in [0, 0.1) is 0 Å². The van der Waals surface area contributed by atoms with Gasteiger partial charge in [-0.15, -0.1) is 5.10 Å². The van der Waals surface area contributed by atoms with Gasteiger partial charge < -0.3 is 9.64 Å². The number of aryl methyl sites for hydroxylation is 1. The van der Waals surface area contributed by atoms with Crippen LogP contribution in [0.15, 0.2) is 12.3 Å². The quantitative estimate of drug-likeness (QED) is 0.711. The lowest BCUT2D eigenvalue weighted by molar-refractivity contribution is 0.0986. The van der Waals surface area contributed by atoms with Gasteiger partial charge in [-0.3, -0.25) is 0 Å². The van der Waals surface area contributed by atoms with E-state index in [1.165, 1.54) is 11.5 Å². The smallest absolute Gasteiger partial charge is 0.169 e.